The van der Waals surface area contributed by atoms with Gasteiger partial charge in [-0.3, -0.25) is 4.79 Å². The van der Waals surface area contributed by atoms with Gasteiger partial charge in [0.15, 0.2) is 5.12 Å². The van der Waals surface area contributed by atoms with Crippen LogP contribution in [0.25, 0.3) is 6.08 Å². The van der Waals surface area contributed by atoms with Gasteiger partial charge in [0.2, 0.25) is 5.28 Å². The van der Waals surface area contributed by atoms with Crippen LogP contribution in [-0.2, 0) is 14.1 Å². The fourth-order valence-corrected chi connectivity index (χ4v) is 2.65. The number of hydrogen-bond acceptors (Lipinski definition) is 6. The van der Waals surface area contributed by atoms with Crippen molar-refractivity contribution in [2.75, 3.05) is 5.75 Å². The van der Waals surface area contributed by atoms with Gasteiger partial charge in [0, 0.05) is 30.6 Å². The Morgan fingerprint density at radius 2 is 1.78 bits per heavy atom. The first-order valence-electron chi connectivity index (χ1n) is 7.28. The Bertz CT molecular complexity index is 604. The Hall–Kier alpha value is -0.885. The van der Waals surface area contributed by atoms with Gasteiger partial charge in [-0.15, -0.1) is 0 Å². The quantitative estimate of drug-likeness (QED) is 0.610. The van der Waals surface area contributed by atoms with Crippen molar-refractivity contribution in [3.8, 4) is 0 Å². The van der Waals surface area contributed by atoms with Crippen LogP contribution in [0, 0.1) is 0 Å². The largest absolute Gasteiger partial charge is 0.491 e. The number of nitrogens with zero attached hydrogens (tertiary/aromatic N) is 2. The van der Waals surface area contributed by atoms with E-state index in [1.165, 1.54) is 18.7 Å². The molecule has 1 aliphatic heterocycles. The van der Waals surface area contributed by atoms with Gasteiger partial charge in [-0.05, 0) is 44.8 Å². The lowest BCUT2D eigenvalue weighted by Crippen LogP contribution is -2.41. The summed E-state index contributed by atoms with van der Waals surface area (Å²) in [6, 6.07) is 0. The molecule has 0 atom stereocenters. The molecule has 23 heavy (non-hydrogen) atoms. The zero-order valence-electron chi connectivity index (χ0n) is 13.9. The normalized spacial score (nSPS) is 19.9. The number of halogens is 1. The van der Waals surface area contributed by atoms with Gasteiger partial charge in [0.25, 0.3) is 0 Å². The molecule has 2 heterocycles. The van der Waals surface area contributed by atoms with Crippen LogP contribution in [0.5, 0.6) is 0 Å². The highest BCUT2D eigenvalue weighted by atomic mass is 35.5. The predicted octanol–water partition coefficient (Wildman–Crippen LogP) is 3.42. The maximum absolute atomic E-state index is 11.3. The van der Waals surface area contributed by atoms with E-state index in [-0.39, 0.29) is 10.4 Å². The van der Waals surface area contributed by atoms with Crippen LogP contribution in [0.4, 0.5) is 0 Å². The molecular weight excluding hydrogens is 335 g/mol. The summed E-state index contributed by atoms with van der Waals surface area (Å²) in [6.45, 7) is 9.52. The first-order chi connectivity index (χ1) is 10.6. The molecule has 1 aromatic heterocycles. The van der Waals surface area contributed by atoms with Gasteiger partial charge in [0.05, 0.1) is 11.2 Å². The van der Waals surface area contributed by atoms with Crippen molar-refractivity contribution in [3.05, 3.63) is 28.7 Å². The molecule has 0 spiro atoms. The zero-order chi connectivity index (χ0) is 17.3. The lowest BCUT2D eigenvalue weighted by molar-refractivity contribution is -0.109. The van der Waals surface area contributed by atoms with E-state index in [0.717, 1.165) is 11.0 Å². The number of carbonyl (C=O) groups is 1. The summed E-state index contributed by atoms with van der Waals surface area (Å²) in [6.07, 6.45) is 5.13. The molecule has 0 aliphatic carbocycles. The predicted molar refractivity (Wildman–Crippen MR) is 94.2 cm³/mol. The van der Waals surface area contributed by atoms with Crippen molar-refractivity contribution in [1.82, 2.24) is 9.97 Å². The van der Waals surface area contributed by atoms with Crippen molar-refractivity contribution in [2.24, 2.45) is 0 Å². The fraction of sp³-hybridized carbons (Fsp3) is 0.533. The smallest absolute Gasteiger partial charge is 0.400 e. The second-order valence-electron chi connectivity index (χ2n) is 6.37. The molecule has 1 fully saturated rings. The summed E-state index contributed by atoms with van der Waals surface area (Å²) in [4.78, 5) is 19.3. The molecule has 0 bridgehead atoms. The van der Waals surface area contributed by atoms with Crippen LogP contribution in [-0.4, -0.2) is 39.2 Å². The Morgan fingerprint density at radius 3 is 2.26 bits per heavy atom. The van der Waals surface area contributed by atoms with Crippen molar-refractivity contribution >= 4 is 41.7 Å². The minimum absolute atomic E-state index is 0.0415. The zero-order valence-corrected chi connectivity index (χ0v) is 15.5. The summed E-state index contributed by atoms with van der Waals surface area (Å²) in [7, 11) is -0.512. The molecule has 0 saturated carbocycles. The monoisotopic (exact) mass is 354 g/mol. The summed E-state index contributed by atoms with van der Waals surface area (Å²) in [5.41, 5.74) is 0.764. The van der Waals surface area contributed by atoms with E-state index < -0.39 is 18.3 Å². The molecule has 5 nitrogen and oxygen atoms in total. The molecule has 0 radical (unpaired) electrons. The van der Waals surface area contributed by atoms with Crippen LogP contribution in [0.15, 0.2) is 17.9 Å². The van der Waals surface area contributed by atoms with Crippen molar-refractivity contribution < 1.29 is 14.1 Å². The second-order valence-corrected chi connectivity index (χ2v) is 7.86. The number of rotatable bonds is 4. The average molecular weight is 355 g/mol. The topological polar surface area (TPSA) is 61.3 Å². The van der Waals surface area contributed by atoms with Crippen LogP contribution < -0.4 is 0 Å². The van der Waals surface area contributed by atoms with E-state index in [2.05, 4.69) is 9.97 Å². The van der Waals surface area contributed by atoms with E-state index in [1.807, 2.05) is 33.8 Å². The molecule has 1 saturated heterocycles. The van der Waals surface area contributed by atoms with Gasteiger partial charge in [-0.2, -0.15) is 0 Å². The highest BCUT2D eigenvalue weighted by molar-refractivity contribution is 8.13. The van der Waals surface area contributed by atoms with E-state index in [4.69, 9.17) is 20.9 Å². The summed E-state index contributed by atoms with van der Waals surface area (Å²) >= 11 is 6.93. The van der Waals surface area contributed by atoms with Crippen LogP contribution >= 0.6 is 23.4 Å². The van der Waals surface area contributed by atoms with Gasteiger partial charge >= 0.3 is 7.12 Å². The summed E-state index contributed by atoms with van der Waals surface area (Å²) < 4.78 is 12.1. The van der Waals surface area contributed by atoms with Gasteiger partial charge in [0.1, 0.15) is 0 Å². The molecule has 0 unspecified atom stereocenters. The van der Waals surface area contributed by atoms with E-state index in [1.54, 1.807) is 12.4 Å². The Morgan fingerprint density at radius 1 is 1.26 bits per heavy atom. The molecule has 0 N–H and O–H groups in total. The second kappa shape index (κ2) is 6.93. The fourth-order valence-electron chi connectivity index (χ4n) is 1.97. The Labute approximate surface area is 146 Å². The summed E-state index contributed by atoms with van der Waals surface area (Å²) in [5.74, 6) is 0.481. The van der Waals surface area contributed by atoms with E-state index in [0.29, 0.717) is 5.75 Å². The Kier molecular flexibility index (Phi) is 5.56. The molecule has 1 aliphatic rings. The molecule has 1 aromatic rings. The minimum Gasteiger partial charge on any atom is -0.400 e. The van der Waals surface area contributed by atoms with Crippen LogP contribution in [0.3, 0.4) is 0 Å². The number of thioether (sulfide) groups is 1. The SMILES string of the molecule is CC(=O)SCC(=Cc1cnc(Cl)nc1)B1OC(C)(C)C(C)(C)O1. The van der Waals surface area contributed by atoms with Gasteiger partial charge in [-0.25, -0.2) is 9.97 Å². The number of aromatic nitrogens is 2. The first-order valence-corrected chi connectivity index (χ1v) is 8.64. The lowest BCUT2D eigenvalue weighted by atomic mass is 9.78. The van der Waals surface area contributed by atoms with Crippen molar-refractivity contribution in [3.63, 3.8) is 0 Å². The first kappa shape index (κ1) is 18.5. The van der Waals surface area contributed by atoms with Crippen LogP contribution in [0.2, 0.25) is 5.28 Å². The highest BCUT2D eigenvalue weighted by Gasteiger charge is 2.52. The standard InChI is InChI=1S/C15H20BClN2O3S/c1-10(20)23-9-12(6-11-7-18-13(17)19-8-11)16-21-14(2,3)15(4,5)22-16/h6-8H,9H2,1-5H3. The van der Waals surface area contributed by atoms with Gasteiger partial charge < -0.3 is 9.31 Å². The summed E-state index contributed by atoms with van der Waals surface area (Å²) in [5, 5.41) is 0.234. The molecule has 8 heteroatoms. The molecular formula is C15H20BClN2O3S. The molecule has 124 valence electrons. The molecule has 0 amide bonds. The maximum Gasteiger partial charge on any atom is 0.491 e. The van der Waals surface area contributed by atoms with Crippen molar-refractivity contribution in [1.29, 1.82) is 0 Å². The van der Waals surface area contributed by atoms with Crippen LogP contribution in [0.1, 0.15) is 40.2 Å². The van der Waals surface area contributed by atoms with Crippen molar-refractivity contribution in [2.45, 2.75) is 45.8 Å². The lowest BCUT2D eigenvalue weighted by Gasteiger charge is -2.32. The minimum atomic E-state index is -0.512. The third-order valence-electron chi connectivity index (χ3n) is 3.99. The van der Waals surface area contributed by atoms with Gasteiger partial charge in [-0.1, -0.05) is 17.8 Å². The highest BCUT2D eigenvalue weighted by Crippen LogP contribution is 2.39. The molecule has 0 aromatic carbocycles. The number of hydrogen-bond donors (Lipinski definition) is 0. The van der Waals surface area contributed by atoms with E-state index in [9.17, 15) is 4.79 Å². The molecule has 2 rings (SSSR count). The van der Waals surface area contributed by atoms with E-state index >= 15 is 0 Å². The Balaban J connectivity index is 2.28. The number of carbonyl (C=O) groups excluding carboxylic acids is 1. The average Bonchev–Trinajstić information content (AvgIpc) is 2.65. The maximum atomic E-state index is 11.3. The third-order valence-corrected chi connectivity index (χ3v) is 5.07. The third kappa shape index (κ3) is 4.56.